The summed E-state index contributed by atoms with van der Waals surface area (Å²) in [5, 5.41) is 2.38. The molecule has 1 saturated carbocycles. The molecule has 3 atom stereocenters. The first kappa shape index (κ1) is 25.4. The average Bonchev–Trinajstić information content (AvgIpc) is 3.44. The van der Waals surface area contributed by atoms with Crippen LogP contribution in [0, 0.1) is 5.92 Å². The first-order valence-electron chi connectivity index (χ1n) is 10.2. The Balaban J connectivity index is 1.76. The van der Waals surface area contributed by atoms with E-state index in [0.29, 0.717) is 22.5 Å². The summed E-state index contributed by atoms with van der Waals surface area (Å²) in [5.41, 5.74) is -0.536. The zero-order valence-corrected chi connectivity index (χ0v) is 22.1. The minimum absolute atomic E-state index is 0.0233. The summed E-state index contributed by atoms with van der Waals surface area (Å²) in [6.07, 6.45) is -1.61. The van der Waals surface area contributed by atoms with Crippen LogP contribution in [0.5, 0.6) is 5.88 Å². The van der Waals surface area contributed by atoms with Gasteiger partial charge in [-0.15, -0.1) is 0 Å². The number of rotatable bonds is 8. The van der Waals surface area contributed by atoms with Gasteiger partial charge in [-0.05, 0) is 41.4 Å². The number of hydrogen-bond donors (Lipinski definition) is 1. The Bertz CT molecular complexity index is 904. The summed E-state index contributed by atoms with van der Waals surface area (Å²) >= 11 is 4.19. The number of halogens is 3. The van der Waals surface area contributed by atoms with Gasteiger partial charge >= 0.3 is 6.09 Å². The number of fused-ring (bicyclic) bond motifs is 1. The van der Waals surface area contributed by atoms with Gasteiger partial charge < -0.3 is 14.2 Å². The molecule has 0 radical (unpaired) electrons. The lowest BCUT2D eigenvalue weighted by Crippen LogP contribution is -2.39. The van der Waals surface area contributed by atoms with Gasteiger partial charge in [-0.25, -0.2) is 23.6 Å². The van der Waals surface area contributed by atoms with Crippen molar-refractivity contribution in [2.45, 2.75) is 55.7 Å². The second-order valence-electron chi connectivity index (χ2n) is 9.28. The molecule has 2 aliphatic rings. The number of aliphatic imine (C=N–C) groups is 1. The molecule has 1 fully saturated rings. The molecule has 3 rings (SSSR count). The van der Waals surface area contributed by atoms with E-state index in [1.165, 1.54) is 7.11 Å². The van der Waals surface area contributed by atoms with E-state index in [9.17, 15) is 13.6 Å². The van der Waals surface area contributed by atoms with E-state index in [-0.39, 0.29) is 18.4 Å². The quantitative estimate of drug-likeness (QED) is 0.270. The van der Waals surface area contributed by atoms with Gasteiger partial charge in [-0.3, -0.25) is 5.32 Å². The maximum atomic E-state index is 14.1. The van der Waals surface area contributed by atoms with E-state index in [1.54, 1.807) is 19.2 Å². The molecule has 1 aromatic heterocycles. The van der Waals surface area contributed by atoms with Crippen LogP contribution >= 0.6 is 27.7 Å². The molecule has 0 bridgehead atoms. The number of carbonyl (C=O) groups is 1. The highest BCUT2D eigenvalue weighted by Crippen LogP contribution is 2.69. The predicted octanol–water partition coefficient (Wildman–Crippen LogP) is 5.23. The number of amides is 1. The van der Waals surface area contributed by atoms with Crippen LogP contribution in [0.3, 0.4) is 0 Å². The van der Waals surface area contributed by atoms with Crippen molar-refractivity contribution in [3.8, 4) is 5.88 Å². The van der Waals surface area contributed by atoms with Gasteiger partial charge in [0.1, 0.15) is 6.73 Å². The van der Waals surface area contributed by atoms with Crippen molar-refractivity contribution < 1.29 is 27.8 Å². The summed E-state index contributed by atoms with van der Waals surface area (Å²) in [6.45, 7) is 8.95. The van der Waals surface area contributed by atoms with Crippen molar-refractivity contribution in [2.24, 2.45) is 10.9 Å². The smallest absolute Gasteiger partial charge is 0.416 e. The number of nitrogens with one attached hydrogen (secondary N) is 1. The second kappa shape index (κ2) is 9.55. The number of ether oxygens (including phenoxy) is 3. The van der Waals surface area contributed by atoms with E-state index in [4.69, 9.17) is 14.2 Å². The van der Waals surface area contributed by atoms with Gasteiger partial charge in [0.25, 0.3) is 11.7 Å². The Kier molecular flexibility index (Phi) is 7.58. The molecule has 0 saturated heterocycles. The van der Waals surface area contributed by atoms with Crippen molar-refractivity contribution in [1.29, 1.82) is 0 Å². The van der Waals surface area contributed by atoms with Crippen LogP contribution < -0.4 is 10.1 Å². The normalized spacial score (nSPS) is 26.9. The molecule has 1 N–H and O–H groups in total. The SMILES string of the molecule is COc1ncc(Br)cc1[C@@]1(C)N=C(OC(=O)NCOCC[Si](C)(C)C)S[C@@]2(C(F)F)C[C@@H]12. The number of pyridine rings is 1. The monoisotopic (exact) mass is 551 g/mol. The van der Waals surface area contributed by atoms with Crippen LogP contribution in [0.1, 0.15) is 18.9 Å². The lowest BCUT2D eigenvalue weighted by Gasteiger charge is -2.34. The molecular weight excluding hydrogens is 524 g/mol. The van der Waals surface area contributed by atoms with Gasteiger partial charge in [0.2, 0.25) is 5.88 Å². The first-order chi connectivity index (χ1) is 14.9. The molecule has 1 amide bonds. The fourth-order valence-electron chi connectivity index (χ4n) is 3.71. The number of hydrogen-bond acceptors (Lipinski definition) is 7. The summed E-state index contributed by atoms with van der Waals surface area (Å²) in [5.74, 6) is -0.161. The zero-order chi connectivity index (χ0) is 23.7. The lowest BCUT2D eigenvalue weighted by atomic mass is 9.86. The molecule has 32 heavy (non-hydrogen) atoms. The summed E-state index contributed by atoms with van der Waals surface area (Å²) < 4.78 is 43.5. The van der Waals surface area contributed by atoms with Gasteiger partial charge in [-0.1, -0.05) is 31.4 Å². The van der Waals surface area contributed by atoms with Crippen LogP contribution in [0.4, 0.5) is 13.6 Å². The maximum Gasteiger partial charge on any atom is 0.416 e. The second-order valence-corrected chi connectivity index (χ2v) is 17.1. The number of alkyl carbamates (subject to hydrolysis) is 1. The highest BCUT2D eigenvalue weighted by Gasteiger charge is 2.72. The molecule has 12 heteroatoms. The highest BCUT2D eigenvalue weighted by molar-refractivity contribution is 9.10. The molecule has 2 heterocycles. The molecule has 1 aromatic rings. The number of aromatic nitrogens is 1. The summed E-state index contributed by atoms with van der Waals surface area (Å²) in [6, 6.07) is 2.72. The Labute approximate surface area is 200 Å². The van der Waals surface area contributed by atoms with E-state index >= 15 is 0 Å². The maximum absolute atomic E-state index is 14.1. The van der Waals surface area contributed by atoms with Crippen LogP contribution in [0.15, 0.2) is 21.7 Å². The van der Waals surface area contributed by atoms with E-state index in [2.05, 4.69) is 50.9 Å². The third kappa shape index (κ3) is 5.45. The van der Waals surface area contributed by atoms with E-state index in [1.807, 2.05) is 0 Å². The molecular formula is C20H28BrF2N3O4SSi. The number of alkyl halides is 2. The topological polar surface area (TPSA) is 82.0 Å². The Hall–Kier alpha value is -1.24. The van der Waals surface area contributed by atoms with Gasteiger partial charge in [0.15, 0.2) is 0 Å². The molecule has 0 unspecified atom stereocenters. The number of nitrogens with zero attached hydrogens (tertiary/aromatic N) is 2. The summed E-state index contributed by atoms with van der Waals surface area (Å²) in [4.78, 5) is 21.1. The third-order valence-electron chi connectivity index (χ3n) is 5.65. The van der Waals surface area contributed by atoms with Crippen molar-refractivity contribution >= 4 is 47.1 Å². The molecule has 1 aliphatic carbocycles. The highest BCUT2D eigenvalue weighted by atomic mass is 79.9. The lowest BCUT2D eigenvalue weighted by molar-refractivity contribution is 0.117. The van der Waals surface area contributed by atoms with Crippen LogP contribution in [0.2, 0.25) is 25.7 Å². The number of methoxy groups -OCH3 is 1. The third-order valence-corrected chi connectivity index (χ3v) is 9.15. The largest absolute Gasteiger partial charge is 0.481 e. The van der Waals surface area contributed by atoms with Crippen molar-refractivity contribution in [3.63, 3.8) is 0 Å². The van der Waals surface area contributed by atoms with Crippen LogP contribution in [-0.4, -0.2) is 56.0 Å². The average molecular weight is 553 g/mol. The number of carbonyl (C=O) groups excluding carboxylic acids is 1. The molecule has 7 nitrogen and oxygen atoms in total. The van der Waals surface area contributed by atoms with E-state index < -0.39 is 36.8 Å². The first-order valence-corrected chi connectivity index (χ1v) is 15.5. The van der Waals surface area contributed by atoms with Crippen LogP contribution in [0.25, 0.3) is 0 Å². The van der Waals surface area contributed by atoms with Crippen molar-refractivity contribution in [3.05, 3.63) is 22.3 Å². The molecule has 178 valence electrons. The van der Waals surface area contributed by atoms with Crippen LogP contribution in [-0.2, 0) is 15.0 Å². The van der Waals surface area contributed by atoms with Gasteiger partial charge in [-0.2, -0.15) is 0 Å². The Morgan fingerprint density at radius 3 is 2.78 bits per heavy atom. The molecule has 1 aliphatic heterocycles. The van der Waals surface area contributed by atoms with E-state index in [0.717, 1.165) is 17.8 Å². The Morgan fingerprint density at radius 1 is 1.44 bits per heavy atom. The van der Waals surface area contributed by atoms with Gasteiger partial charge in [0.05, 0.1) is 17.4 Å². The van der Waals surface area contributed by atoms with Crippen molar-refractivity contribution in [1.82, 2.24) is 10.3 Å². The minimum Gasteiger partial charge on any atom is -0.481 e. The number of thioether (sulfide) groups is 1. The Morgan fingerprint density at radius 2 is 2.16 bits per heavy atom. The zero-order valence-electron chi connectivity index (χ0n) is 18.7. The fourth-order valence-corrected chi connectivity index (χ4v) is 6.18. The molecule has 0 spiro atoms. The minimum atomic E-state index is -2.61. The van der Waals surface area contributed by atoms with Gasteiger partial charge in [0, 0.05) is 36.8 Å². The molecule has 0 aromatic carbocycles. The predicted molar refractivity (Wildman–Crippen MR) is 126 cm³/mol. The van der Waals surface area contributed by atoms with Crippen molar-refractivity contribution in [2.75, 3.05) is 20.4 Å². The summed E-state index contributed by atoms with van der Waals surface area (Å²) in [7, 11) is 0.230. The standard InChI is InChI=1S/C20H28BrF2N3O4SSi/c1-19(13-8-12(21)10-24-15(13)28-2)14-9-20(14,16(22)23)31-18(26-19)30-17(27)25-11-29-6-7-32(3,4)5/h8,10,14,16H,6-7,9,11H2,1-5H3,(H,25,27)/t14-,19+,20-/m0/s1. The fraction of sp³-hybridized carbons (Fsp3) is 0.650.